The van der Waals surface area contributed by atoms with Crippen molar-refractivity contribution in [2.24, 2.45) is 0 Å². The smallest absolute Gasteiger partial charge is 0.260 e. The predicted molar refractivity (Wildman–Crippen MR) is 101 cm³/mol. The zero-order valence-electron chi connectivity index (χ0n) is 14.1. The minimum absolute atomic E-state index is 0.123. The molecule has 0 radical (unpaired) electrons. The Morgan fingerprint density at radius 2 is 2.19 bits per heavy atom. The molecule has 5 nitrogen and oxygen atoms in total. The van der Waals surface area contributed by atoms with Gasteiger partial charge < -0.3 is 4.74 Å². The maximum absolute atomic E-state index is 12.0. The third-order valence-electron chi connectivity index (χ3n) is 4.63. The zero-order valence-corrected chi connectivity index (χ0v) is 15.7. The lowest BCUT2D eigenvalue weighted by atomic mass is 9.82. The number of pyridine rings is 1. The first kappa shape index (κ1) is 17.2. The molecule has 7 heteroatoms. The van der Waals surface area contributed by atoms with Crippen LogP contribution in [0.2, 0.25) is 5.02 Å². The van der Waals surface area contributed by atoms with Crippen LogP contribution in [0.1, 0.15) is 35.6 Å². The third kappa shape index (κ3) is 3.27. The standard InChI is InChI=1S/C19H17ClN2O3S/c1-11-5-6-17(16(20)7-11)25-13-8-12-3-2-4-14(18(12)21-9-13)15-10-26(24)22-19(15)23/h5-10,14H,2-4H2,1H3,(H,22,23). The molecule has 4 rings (SSSR count). The van der Waals surface area contributed by atoms with E-state index in [0.717, 1.165) is 36.1 Å². The molecule has 1 aromatic carbocycles. The lowest BCUT2D eigenvalue weighted by Gasteiger charge is -2.24. The fraction of sp³-hybridized carbons (Fsp3) is 0.263. The molecule has 2 unspecified atom stereocenters. The van der Waals surface area contributed by atoms with Crippen molar-refractivity contribution < 1.29 is 13.7 Å². The summed E-state index contributed by atoms with van der Waals surface area (Å²) < 4.78 is 19.9. The highest BCUT2D eigenvalue weighted by atomic mass is 35.5. The lowest BCUT2D eigenvalue weighted by Crippen LogP contribution is -2.23. The van der Waals surface area contributed by atoms with Crippen molar-refractivity contribution >= 4 is 28.5 Å². The van der Waals surface area contributed by atoms with E-state index in [-0.39, 0.29) is 11.8 Å². The number of ether oxygens (including phenoxy) is 1. The molecule has 26 heavy (non-hydrogen) atoms. The number of benzene rings is 1. The van der Waals surface area contributed by atoms with Gasteiger partial charge in [0.2, 0.25) is 0 Å². The van der Waals surface area contributed by atoms with Crippen molar-refractivity contribution in [1.82, 2.24) is 9.71 Å². The summed E-state index contributed by atoms with van der Waals surface area (Å²) in [6.07, 6.45) is 4.28. The number of nitrogens with one attached hydrogen (secondary N) is 1. The van der Waals surface area contributed by atoms with Crippen molar-refractivity contribution in [2.75, 3.05) is 0 Å². The highest BCUT2D eigenvalue weighted by Crippen LogP contribution is 2.39. The van der Waals surface area contributed by atoms with Crippen LogP contribution in [-0.2, 0) is 22.2 Å². The molecular formula is C19H17ClN2O3S. The molecule has 1 aromatic heterocycles. The maximum atomic E-state index is 12.0. The lowest BCUT2D eigenvalue weighted by molar-refractivity contribution is -0.115. The van der Waals surface area contributed by atoms with Crippen molar-refractivity contribution in [3.8, 4) is 11.5 Å². The van der Waals surface area contributed by atoms with Crippen molar-refractivity contribution in [2.45, 2.75) is 32.1 Å². The van der Waals surface area contributed by atoms with Crippen molar-refractivity contribution in [1.29, 1.82) is 0 Å². The van der Waals surface area contributed by atoms with E-state index in [1.54, 1.807) is 6.20 Å². The van der Waals surface area contributed by atoms with Crippen LogP contribution in [0.15, 0.2) is 41.4 Å². The van der Waals surface area contributed by atoms with Crippen molar-refractivity contribution in [3.63, 3.8) is 0 Å². The maximum Gasteiger partial charge on any atom is 0.260 e. The highest BCUT2D eigenvalue weighted by Gasteiger charge is 2.33. The van der Waals surface area contributed by atoms with Crippen LogP contribution in [0, 0.1) is 6.92 Å². The van der Waals surface area contributed by atoms with Crippen LogP contribution >= 0.6 is 11.6 Å². The molecular weight excluding hydrogens is 372 g/mol. The summed E-state index contributed by atoms with van der Waals surface area (Å²) in [7, 11) is -1.43. The summed E-state index contributed by atoms with van der Waals surface area (Å²) in [4.78, 5) is 16.6. The highest BCUT2D eigenvalue weighted by molar-refractivity contribution is 7.87. The number of aromatic nitrogens is 1. The molecule has 0 fully saturated rings. The molecule has 2 heterocycles. The van der Waals surface area contributed by atoms with Crippen LogP contribution in [0.25, 0.3) is 0 Å². The number of aryl methyl sites for hydroxylation is 2. The second-order valence-electron chi connectivity index (χ2n) is 6.50. The summed E-state index contributed by atoms with van der Waals surface area (Å²) in [6.45, 7) is 1.97. The Labute approximate surface area is 159 Å². The second kappa shape index (κ2) is 6.85. The van der Waals surface area contributed by atoms with E-state index in [2.05, 4.69) is 9.71 Å². The first-order chi connectivity index (χ1) is 12.5. The molecule has 1 aliphatic carbocycles. The number of carbonyl (C=O) groups excluding carboxylic acids is 1. The van der Waals surface area contributed by atoms with Crippen molar-refractivity contribution in [3.05, 3.63) is 63.3 Å². The summed E-state index contributed by atoms with van der Waals surface area (Å²) in [5.74, 6) is 0.806. The van der Waals surface area contributed by atoms with E-state index in [0.29, 0.717) is 22.1 Å². The minimum atomic E-state index is -1.43. The van der Waals surface area contributed by atoms with E-state index < -0.39 is 11.0 Å². The average Bonchev–Trinajstić information content (AvgIpc) is 2.95. The zero-order chi connectivity index (χ0) is 18.3. The summed E-state index contributed by atoms with van der Waals surface area (Å²) >= 11 is 6.24. The van der Waals surface area contributed by atoms with Gasteiger partial charge in [-0.2, -0.15) is 0 Å². The van der Waals surface area contributed by atoms with Gasteiger partial charge in [-0.15, -0.1) is 0 Å². The molecule has 0 spiro atoms. The number of fused-ring (bicyclic) bond motifs is 1. The van der Waals surface area contributed by atoms with Gasteiger partial charge in [-0.25, -0.2) is 4.21 Å². The molecule has 1 amide bonds. The van der Waals surface area contributed by atoms with Gasteiger partial charge in [0.25, 0.3) is 5.91 Å². The van der Waals surface area contributed by atoms with Crippen LogP contribution in [0.4, 0.5) is 0 Å². The summed E-state index contributed by atoms with van der Waals surface area (Å²) in [5, 5.41) is 2.05. The second-order valence-corrected chi connectivity index (χ2v) is 7.94. The average molecular weight is 389 g/mol. The van der Waals surface area contributed by atoms with Crippen LogP contribution in [0.3, 0.4) is 0 Å². The molecule has 2 aliphatic rings. The van der Waals surface area contributed by atoms with Gasteiger partial charge in [-0.1, -0.05) is 17.7 Å². The quantitative estimate of drug-likeness (QED) is 0.864. The molecule has 2 atom stereocenters. The Balaban J connectivity index is 1.63. The number of hydrogen-bond acceptors (Lipinski definition) is 4. The predicted octanol–water partition coefficient (Wildman–Crippen LogP) is 3.93. The number of halogens is 1. The number of hydrogen-bond donors (Lipinski definition) is 1. The first-order valence-corrected chi connectivity index (χ1v) is 9.96. The molecule has 1 aliphatic heterocycles. The number of nitrogens with zero attached hydrogens (tertiary/aromatic N) is 1. The Morgan fingerprint density at radius 3 is 2.92 bits per heavy atom. The largest absolute Gasteiger partial charge is 0.454 e. The normalized spacial score (nSPS) is 21.8. The van der Waals surface area contributed by atoms with E-state index >= 15 is 0 Å². The molecule has 2 aromatic rings. The van der Waals surface area contributed by atoms with Gasteiger partial charge >= 0.3 is 0 Å². The fourth-order valence-corrected chi connectivity index (χ4v) is 4.54. The Kier molecular flexibility index (Phi) is 4.54. The molecule has 1 N–H and O–H groups in total. The molecule has 134 valence electrons. The SMILES string of the molecule is Cc1ccc(Oc2cnc3c(c2)CCCC3C2=CS(=O)NC2=O)c(Cl)c1. The van der Waals surface area contributed by atoms with Gasteiger partial charge in [-0.3, -0.25) is 14.5 Å². The Hall–Kier alpha value is -2.18. The first-order valence-electron chi connectivity index (χ1n) is 8.37. The number of amides is 1. The van der Waals surface area contributed by atoms with Gasteiger partial charge in [-0.05, 0) is 55.5 Å². The Bertz CT molecular complexity index is 958. The van der Waals surface area contributed by atoms with E-state index in [1.807, 2.05) is 31.2 Å². The van der Waals surface area contributed by atoms with E-state index in [4.69, 9.17) is 16.3 Å². The monoisotopic (exact) mass is 388 g/mol. The summed E-state index contributed by atoms with van der Waals surface area (Å²) in [6, 6.07) is 7.58. The summed E-state index contributed by atoms with van der Waals surface area (Å²) in [5.41, 5.74) is 3.52. The molecule has 0 saturated carbocycles. The van der Waals surface area contributed by atoms with E-state index in [1.165, 1.54) is 5.41 Å². The van der Waals surface area contributed by atoms with Gasteiger partial charge in [0.15, 0.2) is 0 Å². The van der Waals surface area contributed by atoms with E-state index in [9.17, 15) is 9.00 Å². The topological polar surface area (TPSA) is 68.3 Å². The Morgan fingerprint density at radius 1 is 1.35 bits per heavy atom. The molecule has 0 saturated heterocycles. The number of carbonyl (C=O) groups is 1. The van der Waals surface area contributed by atoms with Crippen LogP contribution in [-0.4, -0.2) is 15.1 Å². The fourth-order valence-electron chi connectivity index (χ4n) is 3.41. The molecule has 0 bridgehead atoms. The minimum Gasteiger partial charge on any atom is -0.454 e. The number of rotatable bonds is 3. The third-order valence-corrected chi connectivity index (χ3v) is 5.78. The van der Waals surface area contributed by atoms with Crippen LogP contribution in [0.5, 0.6) is 11.5 Å². The van der Waals surface area contributed by atoms with Gasteiger partial charge in [0.1, 0.15) is 22.5 Å². The van der Waals surface area contributed by atoms with Gasteiger partial charge in [0, 0.05) is 16.9 Å². The van der Waals surface area contributed by atoms with Crippen LogP contribution < -0.4 is 9.46 Å². The van der Waals surface area contributed by atoms with Gasteiger partial charge in [0.05, 0.1) is 16.9 Å².